The maximum Gasteiger partial charge on any atom is 0.184 e. The van der Waals surface area contributed by atoms with Crippen molar-refractivity contribution in [2.75, 3.05) is 20.3 Å². The van der Waals surface area contributed by atoms with Gasteiger partial charge in [-0.3, -0.25) is 0 Å². The average molecular weight is 635 g/mol. The second-order valence-electron chi connectivity index (χ2n) is 17.7. The number of methoxy groups -OCH3 is 1. The SMILES string of the molecule is COC(C)CCC(O)OCC1CCC(O)C(OC2CCC3(C)C(CCC4(C)C5CCC6(CO)CCCC6C5CCC43)C2(C)C)O1. The van der Waals surface area contributed by atoms with Crippen LogP contribution in [0.4, 0.5) is 0 Å². The molecule has 1 aliphatic heterocycles. The highest BCUT2D eigenvalue weighted by atomic mass is 16.7. The molecule has 0 amide bonds. The number of ether oxygens (including phenoxy) is 4. The fourth-order valence-electron chi connectivity index (χ4n) is 12.9. The van der Waals surface area contributed by atoms with Crippen LogP contribution in [0.3, 0.4) is 0 Å². The minimum atomic E-state index is -0.844. The molecule has 0 radical (unpaired) electrons. The minimum absolute atomic E-state index is 0.0179. The van der Waals surface area contributed by atoms with Crippen molar-refractivity contribution in [2.24, 2.45) is 51.2 Å². The van der Waals surface area contributed by atoms with Gasteiger partial charge in [-0.1, -0.05) is 34.1 Å². The summed E-state index contributed by atoms with van der Waals surface area (Å²) >= 11 is 0. The van der Waals surface area contributed by atoms with Gasteiger partial charge in [0.05, 0.1) is 24.9 Å². The largest absolute Gasteiger partial charge is 0.396 e. The quantitative estimate of drug-likeness (QED) is 0.179. The van der Waals surface area contributed by atoms with E-state index in [1.54, 1.807) is 7.11 Å². The smallest absolute Gasteiger partial charge is 0.184 e. The van der Waals surface area contributed by atoms with E-state index in [0.717, 1.165) is 36.5 Å². The fourth-order valence-corrected chi connectivity index (χ4v) is 12.9. The molecule has 0 aromatic carbocycles. The van der Waals surface area contributed by atoms with Crippen molar-refractivity contribution in [3.05, 3.63) is 0 Å². The van der Waals surface area contributed by atoms with E-state index in [4.69, 9.17) is 18.9 Å². The molecule has 1 heterocycles. The summed E-state index contributed by atoms with van der Waals surface area (Å²) in [5.74, 6) is 3.67. The van der Waals surface area contributed by atoms with E-state index >= 15 is 0 Å². The number of rotatable bonds is 10. The first-order valence-corrected chi connectivity index (χ1v) is 18.8. The van der Waals surface area contributed by atoms with E-state index in [1.165, 1.54) is 64.2 Å². The Balaban J connectivity index is 1.09. The third kappa shape index (κ3) is 6.10. The lowest BCUT2D eigenvalue weighted by Crippen LogP contribution is -2.64. The topological polar surface area (TPSA) is 97.6 Å². The molecule has 14 atom stereocenters. The molecule has 0 bridgehead atoms. The monoisotopic (exact) mass is 634 g/mol. The van der Waals surface area contributed by atoms with Crippen molar-refractivity contribution in [3.8, 4) is 0 Å². The van der Waals surface area contributed by atoms with Crippen LogP contribution in [0.1, 0.15) is 131 Å². The Hall–Kier alpha value is -0.280. The lowest BCUT2D eigenvalue weighted by Gasteiger charge is -2.69. The van der Waals surface area contributed by atoms with Crippen LogP contribution in [-0.4, -0.2) is 72.6 Å². The highest BCUT2D eigenvalue weighted by Crippen LogP contribution is 2.73. The molecule has 260 valence electrons. The summed E-state index contributed by atoms with van der Waals surface area (Å²) in [5, 5.41) is 31.8. The highest BCUT2D eigenvalue weighted by molar-refractivity contribution is 5.15. The van der Waals surface area contributed by atoms with Crippen LogP contribution in [0.15, 0.2) is 0 Å². The predicted octanol–water partition coefficient (Wildman–Crippen LogP) is 6.85. The maximum absolute atomic E-state index is 10.9. The van der Waals surface area contributed by atoms with Gasteiger partial charge in [-0.2, -0.15) is 0 Å². The summed E-state index contributed by atoms with van der Waals surface area (Å²) < 4.78 is 24.1. The molecule has 5 saturated carbocycles. The number of aliphatic hydroxyl groups is 3. The summed E-state index contributed by atoms with van der Waals surface area (Å²) in [4.78, 5) is 0. The van der Waals surface area contributed by atoms with E-state index in [1.807, 2.05) is 6.92 Å². The summed E-state index contributed by atoms with van der Waals surface area (Å²) in [7, 11) is 1.68. The third-order valence-corrected chi connectivity index (χ3v) is 15.4. The second kappa shape index (κ2) is 13.2. The fraction of sp³-hybridized carbons (Fsp3) is 1.00. The van der Waals surface area contributed by atoms with Gasteiger partial charge >= 0.3 is 0 Å². The molecule has 0 aromatic heterocycles. The molecule has 0 spiro atoms. The van der Waals surface area contributed by atoms with Crippen molar-refractivity contribution in [1.82, 2.24) is 0 Å². The normalized spacial score (nSPS) is 48.9. The zero-order chi connectivity index (χ0) is 32.2. The summed E-state index contributed by atoms with van der Waals surface area (Å²) in [6, 6.07) is 0. The van der Waals surface area contributed by atoms with E-state index < -0.39 is 18.7 Å². The van der Waals surface area contributed by atoms with Crippen molar-refractivity contribution in [2.45, 2.75) is 168 Å². The molecule has 6 fully saturated rings. The molecule has 5 aliphatic carbocycles. The van der Waals surface area contributed by atoms with Crippen LogP contribution in [0.25, 0.3) is 0 Å². The molecule has 1 saturated heterocycles. The van der Waals surface area contributed by atoms with E-state index in [0.29, 0.717) is 49.2 Å². The lowest BCUT2D eigenvalue weighted by molar-refractivity contribution is -0.300. The van der Waals surface area contributed by atoms with Gasteiger partial charge in [0.25, 0.3) is 0 Å². The van der Waals surface area contributed by atoms with Gasteiger partial charge in [0, 0.05) is 20.1 Å². The van der Waals surface area contributed by atoms with Gasteiger partial charge in [-0.25, -0.2) is 0 Å². The highest BCUT2D eigenvalue weighted by Gasteiger charge is 2.66. The van der Waals surface area contributed by atoms with Gasteiger partial charge in [0.1, 0.15) is 6.10 Å². The summed E-state index contributed by atoms with van der Waals surface area (Å²) in [5.41, 5.74) is 0.893. The molecule has 7 heteroatoms. The number of fused-ring (bicyclic) bond motifs is 7. The Bertz CT molecular complexity index is 1000. The average Bonchev–Trinajstić information content (AvgIpc) is 3.46. The molecular formula is C38H66O7. The lowest BCUT2D eigenvalue weighted by atomic mass is 9.36. The van der Waals surface area contributed by atoms with Crippen LogP contribution >= 0.6 is 0 Å². The zero-order valence-electron chi connectivity index (χ0n) is 29.3. The first kappa shape index (κ1) is 34.6. The summed E-state index contributed by atoms with van der Waals surface area (Å²) in [6.07, 6.45) is 14.2. The van der Waals surface area contributed by atoms with E-state index in [2.05, 4.69) is 27.7 Å². The van der Waals surface area contributed by atoms with Crippen molar-refractivity contribution in [1.29, 1.82) is 0 Å². The molecule has 3 N–H and O–H groups in total. The van der Waals surface area contributed by atoms with Crippen LogP contribution < -0.4 is 0 Å². The van der Waals surface area contributed by atoms with Crippen LogP contribution in [0, 0.1) is 51.2 Å². The van der Waals surface area contributed by atoms with Crippen LogP contribution in [0.2, 0.25) is 0 Å². The van der Waals surface area contributed by atoms with Crippen LogP contribution in [-0.2, 0) is 18.9 Å². The van der Waals surface area contributed by atoms with Crippen molar-refractivity contribution in [3.63, 3.8) is 0 Å². The molecule has 14 unspecified atom stereocenters. The molecule has 6 aliphatic rings. The Morgan fingerprint density at radius 1 is 0.822 bits per heavy atom. The van der Waals surface area contributed by atoms with E-state index in [9.17, 15) is 15.3 Å². The van der Waals surface area contributed by atoms with Gasteiger partial charge < -0.3 is 34.3 Å². The van der Waals surface area contributed by atoms with E-state index in [-0.39, 0.29) is 29.1 Å². The van der Waals surface area contributed by atoms with Gasteiger partial charge in [-0.05, 0) is 142 Å². The number of hydrogen-bond donors (Lipinski definition) is 3. The molecule has 45 heavy (non-hydrogen) atoms. The molecule has 7 nitrogen and oxygen atoms in total. The standard InChI is InChI=1S/C38H66O7/c1-24(42-6)9-14-33(41)43-22-25-10-12-29(40)34(44-25)45-32-17-20-37(5)30(35(32,2)3)16-19-36(4)27-15-21-38(23-39)18-7-8-28(38)26(27)11-13-31(36)37/h24-34,39-41H,7-23H2,1-6H3. The summed E-state index contributed by atoms with van der Waals surface area (Å²) in [6.45, 7) is 12.8. The third-order valence-electron chi connectivity index (χ3n) is 15.4. The van der Waals surface area contributed by atoms with Gasteiger partial charge in [-0.15, -0.1) is 0 Å². The predicted molar refractivity (Wildman–Crippen MR) is 174 cm³/mol. The van der Waals surface area contributed by atoms with Crippen LogP contribution in [0.5, 0.6) is 0 Å². The Kier molecular flexibility index (Phi) is 10.1. The Morgan fingerprint density at radius 2 is 1.60 bits per heavy atom. The maximum atomic E-state index is 10.9. The molecular weight excluding hydrogens is 568 g/mol. The number of aliphatic hydroxyl groups excluding tert-OH is 3. The zero-order valence-corrected chi connectivity index (χ0v) is 29.3. The Labute approximate surface area is 273 Å². The Morgan fingerprint density at radius 3 is 2.36 bits per heavy atom. The van der Waals surface area contributed by atoms with Crippen molar-refractivity contribution < 1.29 is 34.3 Å². The number of hydrogen-bond acceptors (Lipinski definition) is 7. The first-order valence-electron chi connectivity index (χ1n) is 18.8. The molecule has 0 aromatic rings. The minimum Gasteiger partial charge on any atom is -0.396 e. The first-order chi connectivity index (χ1) is 21.4. The second-order valence-corrected chi connectivity index (χ2v) is 17.7. The van der Waals surface area contributed by atoms with Crippen molar-refractivity contribution >= 4 is 0 Å². The van der Waals surface area contributed by atoms with Gasteiger partial charge in [0.15, 0.2) is 12.6 Å². The molecule has 6 rings (SSSR count). The van der Waals surface area contributed by atoms with Gasteiger partial charge in [0.2, 0.25) is 0 Å².